The van der Waals surface area contributed by atoms with Crippen molar-refractivity contribution in [1.82, 2.24) is 9.78 Å². The summed E-state index contributed by atoms with van der Waals surface area (Å²) in [5.41, 5.74) is 8.25. The van der Waals surface area contributed by atoms with Crippen LogP contribution in [0.3, 0.4) is 0 Å². The average Bonchev–Trinajstić information content (AvgIpc) is 2.97. The molecular formula is C11H13N3O2S2. The zero-order valence-corrected chi connectivity index (χ0v) is 11.2. The molecule has 1 fully saturated rings. The van der Waals surface area contributed by atoms with E-state index in [2.05, 4.69) is 5.10 Å². The molecule has 1 atom stereocenters. The van der Waals surface area contributed by atoms with Gasteiger partial charge in [-0.3, -0.25) is 4.68 Å². The second kappa shape index (κ2) is 4.10. The van der Waals surface area contributed by atoms with Crippen molar-refractivity contribution in [3.8, 4) is 11.3 Å². The molecule has 1 aliphatic heterocycles. The maximum absolute atomic E-state index is 11.5. The van der Waals surface area contributed by atoms with Crippen LogP contribution < -0.4 is 5.73 Å². The van der Waals surface area contributed by atoms with Gasteiger partial charge in [-0.15, -0.1) is 0 Å². The van der Waals surface area contributed by atoms with Gasteiger partial charge in [-0.25, -0.2) is 8.42 Å². The third-order valence-corrected chi connectivity index (χ3v) is 5.57. The smallest absolute Gasteiger partial charge is 0.152 e. The predicted molar refractivity (Wildman–Crippen MR) is 72.3 cm³/mol. The lowest BCUT2D eigenvalue weighted by Gasteiger charge is -2.07. The minimum Gasteiger partial charge on any atom is -0.396 e. The molecule has 2 N–H and O–H groups in total. The third-order valence-electron chi connectivity index (χ3n) is 3.14. The molecule has 5 nitrogen and oxygen atoms in total. The number of thiophene rings is 1. The van der Waals surface area contributed by atoms with Crippen molar-refractivity contribution < 1.29 is 8.42 Å². The molecule has 0 bridgehead atoms. The van der Waals surface area contributed by atoms with Crippen LogP contribution >= 0.6 is 11.3 Å². The van der Waals surface area contributed by atoms with Gasteiger partial charge in [0.15, 0.2) is 9.84 Å². The quantitative estimate of drug-likeness (QED) is 0.907. The number of hydrogen-bond donors (Lipinski definition) is 1. The predicted octanol–water partition coefficient (Wildman–Crippen LogP) is 1.55. The molecule has 0 amide bonds. The van der Waals surface area contributed by atoms with Crippen LogP contribution in [0.4, 0.5) is 5.69 Å². The maximum atomic E-state index is 11.5. The molecule has 96 valence electrons. The van der Waals surface area contributed by atoms with Crippen molar-refractivity contribution in [2.45, 2.75) is 12.5 Å². The van der Waals surface area contributed by atoms with Crippen molar-refractivity contribution in [3.05, 3.63) is 23.0 Å². The highest BCUT2D eigenvalue weighted by molar-refractivity contribution is 7.91. The van der Waals surface area contributed by atoms with Crippen LogP contribution in [0.15, 0.2) is 23.0 Å². The Bertz CT molecular complexity index is 659. The summed E-state index contributed by atoms with van der Waals surface area (Å²) in [5.74, 6) is 0.405. The van der Waals surface area contributed by atoms with E-state index in [-0.39, 0.29) is 17.5 Å². The fourth-order valence-electron chi connectivity index (χ4n) is 2.20. The summed E-state index contributed by atoms with van der Waals surface area (Å²) >= 11 is 1.58. The van der Waals surface area contributed by atoms with Crippen LogP contribution in [0.25, 0.3) is 11.3 Å². The van der Waals surface area contributed by atoms with E-state index in [0.29, 0.717) is 12.1 Å². The van der Waals surface area contributed by atoms with Crippen LogP contribution in [-0.2, 0) is 9.84 Å². The van der Waals surface area contributed by atoms with Gasteiger partial charge in [0.2, 0.25) is 0 Å². The van der Waals surface area contributed by atoms with Crippen molar-refractivity contribution in [2.75, 3.05) is 17.2 Å². The molecule has 0 aliphatic carbocycles. The van der Waals surface area contributed by atoms with Gasteiger partial charge in [-0.1, -0.05) is 0 Å². The van der Waals surface area contributed by atoms with Crippen molar-refractivity contribution in [1.29, 1.82) is 0 Å². The molecule has 2 aromatic heterocycles. The molecule has 2 aromatic rings. The second-order valence-corrected chi connectivity index (χ2v) is 7.49. The summed E-state index contributed by atoms with van der Waals surface area (Å²) in [6.45, 7) is 0. The molecule has 1 saturated heterocycles. The van der Waals surface area contributed by atoms with Gasteiger partial charge in [-0.05, 0) is 17.9 Å². The van der Waals surface area contributed by atoms with Crippen LogP contribution in [0.1, 0.15) is 12.5 Å². The summed E-state index contributed by atoms with van der Waals surface area (Å²) < 4.78 is 24.6. The lowest BCUT2D eigenvalue weighted by Crippen LogP contribution is -2.11. The van der Waals surface area contributed by atoms with Crippen LogP contribution in [0, 0.1) is 0 Å². The summed E-state index contributed by atoms with van der Waals surface area (Å²) in [6, 6.07) is 1.88. The number of anilines is 1. The Kier molecular flexibility index (Phi) is 2.67. The summed E-state index contributed by atoms with van der Waals surface area (Å²) in [7, 11) is -2.90. The normalized spacial score (nSPS) is 22.3. The van der Waals surface area contributed by atoms with E-state index in [0.717, 1.165) is 11.3 Å². The highest BCUT2D eigenvalue weighted by Crippen LogP contribution is 2.30. The van der Waals surface area contributed by atoms with Gasteiger partial charge in [0.05, 0.1) is 23.2 Å². The molecule has 1 aliphatic rings. The van der Waals surface area contributed by atoms with Crippen LogP contribution in [0.5, 0.6) is 0 Å². The lowest BCUT2D eigenvalue weighted by atomic mass is 10.2. The van der Waals surface area contributed by atoms with Crippen LogP contribution in [-0.4, -0.2) is 29.7 Å². The highest BCUT2D eigenvalue weighted by Gasteiger charge is 2.30. The lowest BCUT2D eigenvalue weighted by molar-refractivity contribution is 0.501. The molecule has 0 spiro atoms. The Balaban J connectivity index is 1.94. The Morgan fingerprint density at radius 3 is 2.94 bits per heavy atom. The van der Waals surface area contributed by atoms with E-state index in [1.165, 1.54) is 0 Å². The summed E-state index contributed by atoms with van der Waals surface area (Å²) in [6.07, 6.45) is 2.35. The topological polar surface area (TPSA) is 78.0 Å². The first-order valence-corrected chi connectivity index (χ1v) is 8.39. The average molecular weight is 283 g/mol. The van der Waals surface area contributed by atoms with E-state index in [1.807, 2.05) is 16.8 Å². The fourth-order valence-corrected chi connectivity index (χ4v) is 4.54. The Morgan fingerprint density at radius 2 is 2.33 bits per heavy atom. The molecule has 0 saturated carbocycles. The molecule has 7 heteroatoms. The second-order valence-electron chi connectivity index (χ2n) is 4.48. The summed E-state index contributed by atoms with van der Waals surface area (Å²) in [4.78, 5) is 0. The number of aromatic nitrogens is 2. The molecule has 3 heterocycles. The first-order chi connectivity index (χ1) is 8.55. The van der Waals surface area contributed by atoms with Gasteiger partial charge < -0.3 is 5.73 Å². The van der Waals surface area contributed by atoms with E-state index >= 15 is 0 Å². The standard InChI is InChI=1S/C11H13N3O2S2/c12-10-5-14(9-2-4-18(15,16)7-9)13-11(10)8-1-3-17-6-8/h1,3,5-6,9H,2,4,7,12H2. The number of nitrogens with zero attached hydrogens (tertiary/aromatic N) is 2. The van der Waals surface area contributed by atoms with Crippen molar-refractivity contribution >= 4 is 26.9 Å². The largest absolute Gasteiger partial charge is 0.396 e. The molecule has 0 aromatic carbocycles. The zero-order chi connectivity index (χ0) is 12.8. The Labute approximate surface area is 109 Å². The SMILES string of the molecule is Nc1cn(C2CCS(=O)(=O)C2)nc1-c1ccsc1. The van der Waals surface area contributed by atoms with Crippen molar-refractivity contribution in [2.24, 2.45) is 0 Å². The van der Waals surface area contributed by atoms with Crippen LogP contribution in [0.2, 0.25) is 0 Å². The van der Waals surface area contributed by atoms with Gasteiger partial charge in [0.1, 0.15) is 5.69 Å². The van der Waals surface area contributed by atoms with E-state index in [9.17, 15) is 8.42 Å². The van der Waals surface area contributed by atoms with E-state index in [4.69, 9.17) is 5.73 Å². The number of hydrogen-bond acceptors (Lipinski definition) is 5. The molecule has 18 heavy (non-hydrogen) atoms. The molecular weight excluding hydrogens is 270 g/mol. The van der Waals surface area contributed by atoms with Crippen molar-refractivity contribution in [3.63, 3.8) is 0 Å². The molecule has 0 radical (unpaired) electrons. The van der Waals surface area contributed by atoms with Gasteiger partial charge in [0.25, 0.3) is 0 Å². The highest BCUT2D eigenvalue weighted by atomic mass is 32.2. The van der Waals surface area contributed by atoms with Gasteiger partial charge >= 0.3 is 0 Å². The number of rotatable bonds is 2. The minimum absolute atomic E-state index is 0.0790. The van der Waals surface area contributed by atoms with E-state index in [1.54, 1.807) is 22.2 Å². The monoisotopic (exact) mass is 283 g/mol. The Morgan fingerprint density at radius 1 is 1.50 bits per heavy atom. The fraction of sp³-hybridized carbons (Fsp3) is 0.364. The Hall–Kier alpha value is -1.34. The first-order valence-electron chi connectivity index (χ1n) is 5.63. The van der Waals surface area contributed by atoms with E-state index < -0.39 is 9.84 Å². The molecule has 1 unspecified atom stereocenters. The number of nitrogen functional groups attached to an aromatic ring is 1. The van der Waals surface area contributed by atoms with Gasteiger partial charge in [0, 0.05) is 17.1 Å². The number of sulfone groups is 1. The molecule has 3 rings (SSSR count). The zero-order valence-electron chi connectivity index (χ0n) is 9.61. The van der Waals surface area contributed by atoms with Gasteiger partial charge in [-0.2, -0.15) is 16.4 Å². The number of nitrogens with two attached hydrogens (primary N) is 1. The summed E-state index contributed by atoms with van der Waals surface area (Å²) in [5, 5.41) is 8.38. The third kappa shape index (κ3) is 2.04. The minimum atomic E-state index is -2.90. The first kappa shape index (κ1) is 11.7. The maximum Gasteiger partial charge on any atom is 0.152 e.